The fraction of sp³-hybridized carbons (Fsp3) is 0.273. The molecule has 2 aliphatic rings. The van der Waals surface area contributed by atoms with Crippen LogP contribution in [0, 0.1) is 0 Å². The predicted molar refractivity (Wildman–Crippen MR) is 97.2 cm³/mol. The zero-order chi connectivity index (χ0) is 16.7. The lowest BCUT2D eigenvalue weighted by Gasteiger charge is -2.25. The van der Waals surface area contributed by atoms with Crippen LogP contribution in [0.4, 0.5) is 0 Å². The molecular formula is C22H20N2. The van der Waals surface area contributed by atoms with Gasteiger partial charge in [0, 0.05) is 34.4 Å². The highest BCUT2D eigenvalue weighted by molar-refractivity contribution is 5.87. The Balaban J connectivity index is 1.88. The minimum atomic E-state index is -0.00770. The van der Waals surface area contributed by atoms with Gasteiger partial charge in [-0.15, -0.1) is 0 Å². The number of benzene rings is 1. The molecule has 0 radical (unpaired) electrons. The van der Waals surface area contributed by atoms with E-state index in [1.165, 1.54) is 33.4 Å². The number of hydrogen-bond acceptors (Lipinski definition) is 2. The van der Waals surface area contributed by atoms with Gasteiger partial charge in [-0.2, -0.15) is 0 Å². The summed E-state index contributed by atoms with van der Waals surface area (Å²) in [6.07, 6.45) is 3.79. The topological polar surface area (TPSA) is 25.8 Å². The number of pyridine rings is 2. The van der Waals surface area contributed by atoms with Crippen molar-refractivity contribution < 1.29 is 0 Å². The van der Waals surface area contributed by atoms with Crippen LogP contribution in [0.25, 0.3) is 22.5 Å². The van der Waals surface area contributed by atoms with Crippen molar-refractivity contribution in [2.75, 3.05) is 0 Å². The second-order valence-corrected chi connectivity index (χ2v) is 7.99. The molecule has 24 heavy (non-hydrogen) atoms. The van der Waals surface area contributed by atoms with E-state index >= 15 is 0 Å². The Morgan fingerprint density at radius 1 is 0.625 bits per heavy atom. The number of hydrogen-bond donors (Lipinski definition) is 0. The molecule has 0 aliphatic heterocycles. The molecular weight excluding hydrogens is 292 g/mol. The van der Waals surface area contributed by atoms with Crippen LogP contribution in [0.5, 0.6) is 0 Å². The zero-order valence-corrected chi connectivity index (χ0v) is 14.5. The van der Waals surface area contributed by atoms with Gasteiger partial charge in [0.15, 0.2) is 0 Å². The van der Waals surface area contributed by atoms with Crippen molar-refractivity contribution in [1.29, 1.82) is 0 Å². The van der Waals surface area contributed by atoms with Crippen molar-refractivity contribution in [3.63, 3.8) is 0 Å². The van der Waals surface area contributed by atoms with Gasteiger partial charge in [0.25, 0.3) is 0 Å². The largest absolute Gasteiger partial charge is 0.256 e. The molecule has 118 valence electrons. The molecule has 0 unspecified atom stereocenters. The van der Waals surface area contributed by atoms with E-state index in [0.717, 1.165) is 11.4 Å². The Hall–Kier alpha value is -2.48. The molecule has 2 aliphatic carbocycles. The average molecular weight is 312 g/mol. The van der Waals surface area contributed by atoms with E-state index in [2.05, 4.69) is 52.0 Å². The Morgan fingerprint density at radius 2 is 1.08 bits per heavy atom. The molecule has 0 fully saturated rings. The van der Waals surface area contributed by atoms with Crippen molar-refractivity contribution in [3.8, 4) is 22.5 Å². The zero-order valence-electron chi connectivity index (χ0n) is 14.5. The first-order chi connectivity index (χ1) is 11.4. The SMILES string of the molecule is CC1(C)c2cc3c(cc2-c2ncccc21)-c1ncccc1C3(C)C. The third kappa shape index (κ3) is 1.47. The molecule has 2 nitrogen and oxygen atoms in total. The van der Waals surface area contributed by atoms with Gasteiger partial charge < -0.3 is 0 Å². The maximum atomic E-state index is 4.69. The Morgan fingerprint density at radius 3 is 1.54 bits per heavy atom. The standard InChI is InChI=1S/C22H20N2/c1-21(2)15-7-5-9-23-19(15)13-11-14-18(12-17(13)21)22(3,4)16-8-6-10-24-20(14)16/h5-12H,1-4H3. The van der Waals surface area contributed by atoms with E-state index in [0.29, 0.717) is 0 Å². The van der Waals surface area contributed by atoms with Crippen LogP contribution in [-0.2, 0) is 10.8 Å². The van der Waals surface area contributed by atoms with Crippen LogP contribution in [0.1, 0.15) is 49.9 Å². The van der Waals surface area contributed by atoms with Crippen molar-refractivity contribution in [3.05, 3.63) is 71.0 Å². The van der Waals surface area contributed by atoms with Crippen LogP contribution >= 0.6 is 0 Å². The highest BCUT2D eigenvalue weighted by Gasteiger charge is 2.42. The van der Waals surface area contributed by atoms with Crippen LogP contribution in [0.2, 0.25) is 0 Å². The number of fused-ring (bicyclic) bond motifs is 6. The van der Waals surface area contributed by atoms with E-state index in [4.69, 9.17) is 9.97 Å². The third-order valence-electron chi connectivity index (χ3n) is 5.98. The van der Waals surface area contributed by atoms with Crippen molar-refractivity contribution in [1.82, 2.24) is 9.97 Å². The molecule has 0 saturated heterocycles. The summed E-state index contributed by atoms with van der Waals surface area (Å²) >= 11 is 0. The molecule has 2 heteroatoms. The van der Waals surface area contributed by atoms with E-state index in [9.17, 15) is 0 Å². The van der Waals surface area contributed by atoms with Gasteiger partial charge in [-0.05, 0) is 40.5 Å². The number of aromatic nitrogens is 2. The first-order valence-electron chi connectivity index (χ1n) is 8.53. The van der Waals surface area contributed by atoms with Crippen molar-refractivity contribution in [2.45, 2.75) is 38.5 Å². The van der Waals surface area contributed by atoms with Gasteiger partial charge >= 0.3 is 0 Å². The van der Waals surface area contributed by atoms with Gasteiger partial charge in [-0.25, -0.2) is 0 Å². The second-order valence-electron chi connectivity index (χ2n) is 7.99. The molecule has 0 saturated carbocycles. The number of nitrogens with zero attached hydrogens (tertiary/aromatic N) is 2. The van der Waals surface area contributed by atoms with Crippen molar-refractivity contribution >= 4 is 0 Å². The molecule has 0 atom stereocenters. The molecule has 2 aromatic heterocycles. The quantitative estimate of drug-likeness (QED) is 0.578. The van der Waals surface area contributed by atoms with Gasteiger partial charge in [0.1, 0.15) is 0 Å². The molecule has 0 amide bonds. The highest BCUT2D eigenvalue weighted by atomic mass is 14.7. The van der Waals surface area contributed by atoms with Gasteiger partial charge in [-0.3, -0.25) is 9.97 Å². The second kappa shape index (κ2) is 4.13. The third-order valence-corrected chi connectivity index (χ3v) is 5.98. The summed E-state index contributed by atoms with van der Waals surface area (Å²) in [5.74, 6) is 0. The molecule has 2 heterocycles. The lowest BCUT2D eigenvalue weighted by Crippen LogP contribution is -2.18. The van der Waals surface area contributed by atoms with Gasteiger partial charge in [0.2, 0.25) is 0 Å². The Bertz CT molecular complexity index is 933. The molecule has 3 aromatic rings. The summed E-state index contributed by atoms with van der Waals surface area (Å²) in [6, 6.07) is 13.2. The van der Waals surface area contributed by atoms with Crippen LogP contribution in [-0.4, -0.2) is 9.97 Å². The monoisotopic (exact) mass is 312 g/mol. The fourth-order valence-corrected chi connectivity index (χ4v) is 4.56. The highest BCUT2D eigenvalue weighted by Crippen LogP contribution is 2.54. The molecule has 5 rings (SSSR count). The first kappa shape index (κ1) is 13.9. The molecule has 0 bridgehead atoms. The smallest absolute Gasteiger partial charge is 0.0746 e. The van der Waals surface area contributed by atoms with Crippen LogP contribution < -0.4 is 0 Å². The maximum absolute atomic E-state index is 4.69. The van der Waals surface area contributed by atoms with E-state index in [1.807, 2.05) is 24.5 Å². The lowest BCUT2D eigenvalue weighted by atomic mass is 9.78. The molecule has 1 aromatic carbocycles. The molecule has 0 N–H and O–H groups in total. The average Bonchev–Trinajstić information content (AvgIpc) is 2.95. The Labute approximate surface area is 142 Å². The summed E-state index contributed by atoms with van der Waals surface area (Å²) in [5.41, 5.74) is 10.2. The normalized spacial score (nSPS) is 17.8. The van der Waals surface area contributed by atoms with E-state index in [1.54, 1.807) is 0 Å². The lowest BCUT2D eigenvalue weighted by molar-refractivity contribution is 0.638. The minimum Gasteiger partial charge on any atom is -0.256 e. The predicted octanol–water partition coefficient (Wildman–Crippen LogP) is 5.09. The van der Waals surface area contributed by atoms with Crippen LogP contribution in [0.15, 0.2) is 48.8 Å². The van der Waals surface area contributed by atoms with Gasteiger partial charge in [-0.1, -0.05) is 45.9 Å². The minimum absolute atomic E-state index is 0.00770. The summed E-state index contributed by atoms with van der Waals surface area (Å²) in [7, 11) is 0. The first-order valence-corrected chi connectivity index (χ1v) is 8.53. The summed E-state index contributed by atoms with van der Waals surface area (Å²) in [4.78, 5) is 9.39. The summed E-state index contributed by atoms with van der Waals surface area (Å²) in [5, 5.41) is 0. The fourth-order valence-electron chi connectivity index (χ4n) is 4.56. The van der Waals surface area contributed by atoms with Crippen LogP contribution in [0.3, 0.4) is 0 Å². The summed E-state index contributed by atoms with van der Waals surface area (Å²) < 4.78 is 0. The van der Waals surface area contributed by atoms with Gasteiger partial charge in [0.05, 0.1) is 11.4 Å². The van der Waals surface area contributed by atoms with Crippen molar-refractivity contribution in [2.24, 2.45) is 0 Å². The molecule has 0 spiro atoms. The summed E-state index contributed by atoms with van der Waals surface area (Å²) in [6.45, 7) is 9.22. The van der Waals surface area contributed by atoms with E-state index < -0.39 is 0 Å². The number of rotatable bonds is 0. The van der Waals surface area contributed by atoms with E-state index in [-0.39, 0.29) is 10.8 Å². The Kier molecular flexibility index (Phi) is 2.39. The maximum Gasteiger partial charge on any atom is 0.0746 e.